The Labute approximate surface area is 161 Å². The van der Waals surface area contributed by atoms with Crippen LogP contribution in [0.5, 0.6) is 0 Å². The molecule has 2 N–H and O–H groups in total. The van der Waals surface area contributed by atoms with Crippen LogP contribution in [0, 0.1) is 11.3 Å². The summed E-state index contributed by atoms with van der Waals surface area (Å²) in [6.07, 6.45) is -2.04. The molecule has 2 saturated heterocycles. The Morgan fingerprint density at radius 3 is 2.29 bits per heavy atom. The smallest absolute Gasteiger partial charge is 0.406 e. The van der Waals surface area contributed by atoms with Crippen molar-refractivity contribution in [3.63, 3.8) is 0 Å². The summed E-state index contributed by atoms with van der Waals surface area (Å²) in [5, 5.41) is 5.86. The first-order chi connectivity index (χ1) is 13.2. The lowest BCUT2D eigenvalue weighted by Crippen LogP contribution is -2.75. The van der Waals surface area contributed by atoms with E-state index in [1.165, 1.54) is 0 Å². The van der Waals surface area contributed by atoms with E-state index >= 15 is 0 Å². The topological polar surface area (TPSA) is 73.9 Å². The molecule has 2 saturated carbocycles. The van der Waals surface area contributed by atoms with Gasteiger partial charge in [0, 0.05) is 31.6 Å². The van der Waals surface area contributed by atoms with Gasteiger partial charge in [-0.2, -0.15) is 13.2 Å². The Balaban J connectivity index is 1.16. The normalized spacial score (nSPS) is 26.9. The molecule has 158 valence electrons. The van der Waals surface area contributed by atoms with Crippen LogP contribution in [0.15, 0.2) is 0 Å². The van der Waals surface area contributed by atoms with Crippen molar-refractivity contribution in [2.45, 2.75) is 42.9 Å². The number of rotatable bonds is 7. The number of ether oxygens (including phenoxy) is 1. The number of hydrogen-bond acceptors (Lipinski definition) is 5. The van der Waals surface area contributed by atoms with E-state index < -0.39 is 11.7 Å². The standard InChI is InChI=1S/C18H27F3N4O3/c1-22-16(11-28-12-26)9-25(10-16)14(27)24-7-15(8-24)4-13(5-15)6-23-17(2-3-17)18(19,20)21/h12-13,22-23H,2-11H2,1H3. The van der Waals surface area contributed by atoms with E-state index in [9.17, 15) is 22.8 Å². The fraction of sp³-hybridized carbons (Fsp3) is 0.889. The van der Waals surface area contributed by atoms with E-state index in [1.807, 2.05) is 4.90 Å². The molecule has 0 radical (unpaired) electrons. The van der Waals surface area contributed by atoms with Crippen LogP contribution in [0.4, 0.5) is 18.0 Å². The van der Waals surface area contributed by atoms with Crippen molar-refractivity contribution < 1.29 is 27.5 Å². The van der Waals surface area contributed by atoms with E-state index in [4.69, 9.17) is 4.74 Å². The van der Waals surface area contributed by atoms with Gasteiger partial charge in [0.25, 0.3) is 6.47 Å². The summed E-state index contributed by atoms with van der Waals surface area (Å²) in [5.74, 6) is 0.263. The summed E-state index contributed by atoms with van der Waals surface area (Å²) >= 11 is 0. The number of likely N-dealkylation sites (tertiary alicyclic amines) is 2. The first kappa shape index (κ1) is 19.8. The molecule has 2 heterocycles. The molecule has 0 bridgehead atoms. The van der Waals surface area contributed by atoms with Gasteiger partial charge >= 0.3 is 12.2 Å². The van der Waals surface area contributed by atoms with E-state index in [-0.39, 0.29) is 42.4 Å². The molecule has 0 unspecified atom stereocenters. The quantitative estimate of drug-likeness (QED) is 0.618. The molecule has 7 nitrogen and oxygen atoms in total. The van der Waals surface area contributed by atoms with Gasteiger partial charge in [0.05, 0.1) is 5.54 Å². The zero-order chi connectivity index (χ0) is 20.2. The maximum Gasteiger partial charge on any atom is 0.406 e. The maximum atomic E-state index is 13.0. The van der Waals surface area contributed by atoms with Crippen molar-refractivity contribution in [2.75, 3.05) is 46.4 Å². The number of carbonyl (C=O) groups excluding carboxylic acids is 2. The van der Waals surface area contributed by atoms with Crippen LogP contribution in [0.25, 0.3) is 0 Å². The molecular formula is C18H27F3N4O3. The van der Waals surface area contributed by atoms with E-state index in [0.29, 0.717) is 39.2 Å². The Morgan fingerprint density at radius 2 is 1.79 bits per heavy atom. The van der Waals surface area contributed by atoms with E-state index in [1.54, 1.807) is 11.9 Å². The average Bonchev–Trinajstić information content (AvgIpc) is 3.32. The molecule has 2 aliphatic carbocycles. The lowest BCUT2D eigenvalue weighted by Gasteiger charge is -2.61. The fourth-order valence-corrected chi connectivity index (χ4v) is 5.03. The molecule has 0 atom stereocenters. The van der Waals surface area contributed by atoms with Gasteiger partial charge in [-0.1, -0.05) is 0 Å². The molecule has 4 aliphatic rings. The second kappa shape index (κ2) is 6.48. The third-order valence-electron chi connectivity index (χ3n) is 7.00. The second-order valence-corrected chi connectivity index (χ2v) is 9.17. The van der Waals surface area contributed by atoms with Gasteiger partial charge in [0.15, 0.2) is 0 Å². The van der Waals surface area contributed by atoms with Crippen LogP contribution in [0.2, 0.25) is 0 Å². The van der Waals surface area contributed by atoms with Crippen molar-refractivity contribution in [1.29, 1.82) is 0 Å². The molecule has 4 rings (SSSR count). The number of nitrogens with one attached hydrogen (secondary N) is 2. The zero-order valence-electron chi connectivity index (χ0n) is 16.0. The van der Waals surface area contributed by atoms with Crippen LogP contribution in [-0.4, -0.2) is 85.9 Å². The lowest BCUT2D eigenvalue weighted by atomic mass is 9.57. The summed E-state index contributed by atoms with van der Waals surface area (Å²) in [6.45, 7) is 3.39. The number of alkyl halides is 3. The minimum absolute atomic E-state index is 0.0156. The number of nitrogens with zero attached hydrogens (tertiary/aromatic N) is 2. The first-order valence-corrected chi connectivity index (χ1v) is 9.75. The van der Waals surface area contributed by atoms with Crippen molar-refractivity contribution >= 4 is 12.5 Å². The number of halogens is 3. The highest BCUT2D eigenvalue weighted by molar-refractivity contribution is 5.77. The second-order valence-electron chi connectivity index (χ2n) is 9.17. The van der Waals surface area contributed by atoms with Gasteiger partial charge in [-0.25, -0.2) is 4.79 Å². The molecule has 2 aliphatic heterocycles. The van der Waals surface area contributed by atoms with Crippen molar-refractivity contribution in [2.24, 2.45) is 11.3 Å². The predicted octanol–water partition coefficient (Wildman–Crippen LogP) is 0.950. The maximum absolute atomic E-state index is 13.0. The Bertz CT molecular complexity index is 632. The number of likely N-dealkylation sites (N-methyl/N-ethyl adjacent to an activating group) is 1. The van der Waals surface area contributed by atoms with Crippen LogP contribution in [-0.2, 0) is 9.53 Å². The number of hydrogen-bond donors (Lipinski definition) is 2. The number of urea groups is 1. The van der Waals surface area contributed by atoms with Gasteiger partial charge in [-0.15, -0.1) is 0 Å². The van der Waals surface area contributed by atoms with Crippen LogP contribution < -0.4 is 10.6 Å². The van der Waals surface area contributed by atoms with E-state index in [2.05, 4.69) is 10.6 Å². The number of carbonyl (C=O) groups is 2. The van der Waals surface area contributed by atoms with Crippen molar-refractivity contribution in [3.8, 4) is 0 Å². The highest BCUT2D eigenvalue weighted by Crippen LogP contribution is 2.53. The third kappa shape index (κ3) is 3.24. The zero-order valence-corrected chi connectivity index (χ0v) is 16.0. The number of amides is 2. The Morgan fingerprint density at radius 1 is 1.18 bits per heavy atom. The summed E-state index contributed by atoms with van der Waals surface area (Å²) in [7, 11) is 1.78. The van der Waals surface area contributed by atoms with Gasteiger partial charge in [0.1, 0.15) is 12.1 Å². The molecule has 28 heavy (non-hydrogen) atoms. The largest absolute Gasteiger partial charge is 0.466 e. The minimum atomic E-state index is -4.16. The summed E-state index contributed by atoms with van der Waals surface area (Å²) in [6, 6.07) is -0.0156. The van der Waals surface area contributed by atoms with Crippen LogP contribution in [0.1, 0.15) is 25.7 Å². The molecular weight excluding hydrogens is 377 g/mol. The fourth-order valence-electron chi connectivity index (χ4n) is 5.03. The van der Waals surface area contributed by atoms with Crippen LogP contribution >= 0.6 is 0 Å². The summed E-state index contributed by atoms with van der Waals surface area (Å²) in [4.78, 5) is 26.5. The SMILES string of the molecule is CNC1(COC=O)CN(C(=O)N2CC3(CC(CNC4(C(F)(F)F)CC4)C3)C2)C1. The summed E-state index contributed by atoms with van der Waals surface area (Å²) in [5.41, 5.74) is -1.91. The van der Waals surface area contributed by atoms with Gasteiger partial charge in [0.2, 0.25) is 0 Å². The predicted molar refractivity (Wildman–Crippen MR) is 93.5 cm³/mol. The molecule has 4 fully saturated rings. The lowest BCUT2D eigenvalue weighted by molar-refractivity contribution is -0.168. The summed E-state index contributed by atoms with van der Waals surface area (Å²) < 4.78 is 43.7. The monoisotopic (exact) mass is 404 g/mol. The Hall–Kier alpha value is -1.55. The molecule has 0 aromatic carbocycles. The van der Waals surface area contributed by atoms with Gasteiger partial charge in [-0.05, 0) is 45.2 Å². The highest BCUT2D eigenvalue weighted by Gasteiger charge is 2.64. The van der Waals surface area contributed by atoms with E-state index in [0.717, 1.165) is 12.8 Å². The molecule has 0 aromatic heterocycles. The van der Waals surface area contributed by atoms with Crippen molar-refractivity contribution in [3.05, 3.63) is 0 Å². The van der Waals surface area contributed by atoms with Gasteiger partial charge in [-0.3, -0.25) is 4.79 Å². The minimum Gasteiger partial charge on any atom is -0.466 e. The van der Waals surface area contributed by atoms with Gasteiger partial charge < -0.3 is 25.2 Å². The van der Waals surface area contributed by atoms with Crippen LogP contribution in [0.3, 0.4) is 0 Å². The highest BCUT2D eigenvalue weighted by atomic mass is 19.4. The molecule has 10 heteroatoms. The third-order valence-corrected chi connectivity index (χ3v) is 7.00. The first-order valence-electron chi connectivity index (χ1n) is 9.75. The molecule has 0 aromatic rings. The molecule has 1 spiro atoms. The molecule has 2 amide bonds. The van der Waals surface area contributed by atoms with Crippen molar-refractivity contribution in [1.82, 2.24) is 20.4 Å². The Kier molecular flexibility index (Phi) is 4.57. The average molecular weight is 404 g/mol.